The van der Waals surface area contributed by atoms with Gasteiger partial charge in [-0.15, -0.1) is 0 Å². The summed E-state index contributed by atoms with van der Waals surface area (Å²) in [5.74, 6) is 1.55. The molecule has 1 heterocycles. The van der Waals surface area contributed by atoms with Crippen LogP contribution in [0.3, 0.4) is 0 Å². The molecule has 0 aliphatic heterocycles. The molecule has 1 saturated carbocycles. The minimum Gasteiger partial charge on any atom is -0.492 e. The highest BCUT2D eigenvalue weighted by atomic mass is 16.5. The number of nitrogens with one attached hydrogen (secondary N) is 1. The molecule has 0 radical (unpaired) electrons. The van der Waals surface area contributed by atoms with Crippen LogP contribution in [0.5, 0.6) is 5.75 Å². The van der Waals surface area contributed by atoms with Crippen molar-refractivity contribution in [3.63, 3.8) is 0 Å². The van der Waals surface area contributed by atoms with Gasteiger partial charge in [-0.1, -0.05) is 6.92 Å². The van der Waals surface area contributed by atoms with Gasteiger partial charge in [-0.2, -0.15) is 0 Å². The van der Waals surface area contributed by atoms with Gasteiger partial charge in [0.15, 0.2) is 0 Å². The second-order valence-electron chi connectivity index (χ2n) is 4.65. The van der Waals surface area contributed by atoms with E-state index in [9.17, 15) is 0 Å². The van der Waals surface area contributed by atoms with E-state index >= 15 is 0 Å². The average Bonchev–Trinajstić information content (AvgIpc) is 2.79. The molecule has 3 nitrogen and oxygen atoms in total. The normalized spacial score (nSPS) is 23.9. The van der Waals surface area contributed by atoms with Crippen LogP contribution in [-0.2, 0) is 0 Å². The lowest BCUT2D eigenvalue weighted by molar-refractivity contribution is 0.338. The van der Waals surface area contributed by atoms with Crippen molar-refractivity contribution < 1.29 is 4.74 Å². The predicted molar refractivity (Wildman–Crippen MR) is 69.5 cm³/mol. The molecule has 0 amide bonds. The molecule has 0 saturated heterocycles. The molecular formula is C14H22N2O. The lowest BCUT2D eigenvalue weighted by atomic mass is 9.99. The largest absolute Gasteiger partial charge is 0.492 e. The minimum atomic E-state index is 0.645. The van der Waals surface area contributed by atoms with Crippen LogP contribution < -0.4 is 10.1 Å². The highest BCUT2D eigenvalue weighted by molar-refractivity contribution is 5.27. The molecule has 2 unspecified atom stereocenters. The zero-order valence-electron chi connectivity index (χ0n) is 10.8. The van der Waals surface area contributed by atoms with Crippen molar-refractivity contribution in [1.29, 1.82) is 0 Å². The first-order chi connectivity index (χ1) is 8.33. The first kappa shape index (κ1) is 12.4. The molecule has 1 aliphatic carbocycles. The summed E-state index contributed by atoms with van der Waals surface area (Å²) in [7, 11) is 0. The van der Waals surface area contributed by atoms with E-state index in [4.69, 9.17) is 4.74 Å². The van der Waals surface area contributed by atoms with Crippen molar-refractivity contribution in [2.24, 2.45) is 0 Å². The van der Waals surface area contributed by atoms with Gasteiger partial charge in [-0.3, -0.25) is 4.98 Å². The molecule has 17 heavy (non-hydrogen) atoms. The van der Waals surface area contributed by atoms with Gasteiger partial charge in [0, 0.05) is 12.2 Å². The quantitative estimate of drug-likeness (QED) is 0.850. The Bertz CT molecular complexity index is 354. The van der Waals surface area contributed by atoms with Gasteiger partial charge >= 0.3 is 0 Å². The average molecular weight is 234 g/mol. The molecule has 0 aromatic carbocycles. The summed E-state index contributed by atoms with van der Waals surface area (Å²) in [6.45, 7) is 5.94. The topological polar surface area (TPSA) is 34.2 Å². The molecule has 2 rings (SSSR count). The number of aromatic nitrogens is 1. The summed E-state index contributed by atoms with van der Waals surface area (Å²) in [6.07, 6.45) is 7.54. The lowest BCUT2D eigenvalue weighted by Gasteiger charge is -2.13. The molecule has 1 N–H and O–H groups in total. The van der Waals surface area contributed by atoms with Gasteiger partial charge in [-0.25, -0.2) is 0 Å². The third-order valence-corrected chi connectivity index (χ3v) is 3.44. The number of rotatable bonds is 5. The van der Waals surface area contributed by atoms with Crippen LogP contribution in [0.2, 0.25) is 0 Å². The van der Waals surface area contributed by atoms with Gasteiger partial charge in [0.05, 0.1) is 12.8 Å². The Morgan fingerprint density at radius 2 is 2.24 bits per heavy atom. The third-order valence-electron chi connectivity index (χ3n) is 3.44. The second-order valence-corrected chi connectivity index (χ2v) is 4.65. The number of ether oxygens (including phenoxy) is 1. The van der Waals surface area contributed by atoms with E-state index in [1.54, 1.807) is 6.20 Å². The van der Waals surface area contributed by atoms with Gasteiger partial charge in [0.25, 0.3) is 0 Å². The Labute approximate surface area is 104 Å². The van der Waals surface area contributed by atoms with E-state index in [2.05, 4.69) is 23.3 Å². The van der Waals surface area contributed by atoms with E-state index in [0.29, 0.717) is 18.6 Å². The molecule has 0 bridgehead atoms. The number of hydrogen-bond donors (Lipinski definition) is 1. The molecule has 94 valence electrons. The molecule has 1 aliphatic rings. The van der Waals surface area contributed by atoms with Crippen molar-refractivity contribution >= 4 is 0 Å². The molecular weight excluding hydrogens is 212 g/mol. The van der Waals surface area contributed by atoms with Crippen LogP contribution in [0.15, 0.2) is 18.5 Å². The fourth-order valence-corrected chi connectivity index (χ4v) is 2.66. The van der Waals surface area contributed by atoms with E-state index in [1.807, 2.05) is 13.1 Å². The Morgan fingerprint density at radius 3 is 3.00 bits per heavy atom. The number of nitrogens with zero attached hydrogens (tertiary/aromatic N) is 1. The van der Waals surface area contributed by atoms with Gasteiger partial charge in [0.1, 0.15) is 5.75 Å². The number of pyridine rings is 1. The molecule has 0 spiro atoms. The summed E-state index contributed by atoms with van der Waals surface area (Å²) in [5, 5.41) is 3.53. The molecule has 1 fully saturated rings. The highest BCUT2D eigenvalue weighted by Gasteiger charge is 2.25. The van der Waals surface area contributed by atoms with Crippen LogP contribution in [0, 0.1) is 0 Å². The Balaban J connectivity index is 2.00. The third kappa shape index (κ3) is 3.19. The fourth-order valence-electron chi connectivity index (χ4n) is 2.66. The van der Waals surface area contributed by atoms with E-state index < -0.39 is 0 Å². The monoisotopic (exact) mass is 234 g/mol. The van der Waals surface area contributed by atoms with Gasteiger partial charge < -0.3 is 10.1 Å². The molecule has 2 atom stereocenters. The highest BCUT2D eigenvalue weighted by Crippen LogP contribution is 2.35. The van der Waals surface area contributed by atoms with E-state index in [1.165, 1.54) is 24.8 Å². The first-order valence-electron chi connectivity index (χ1n) is 6.64. The summed E-state index contributed by atoms with van der Waals surface area (Å²) >= 11 is 0. The van der Waals surface area contributed by atoms with Crippen molar-refractivity contribution in [3.05, 3.63) is 24.0 Å². The zero-order valence-corrected chi connectivity index (χ0v) is 10.8. The minimum absolute atomic E-state index is 0.645. The molecule has 3 heteroatoms. The summed E-state index contributed by atoms with van der Waals surface area (Å²) in [5.41, 5.74) is 1.33. The summed E-state index contributed by atoms with van der Waals surface area (Å²) in [4.78, 5) is 4.27. The first-order valence-corrected chi connectivity index (χ1v) is 6.64. The number of hydrogen-bond acceptors (Lipinski definition) is 3. The van der Waals surface area contributed by atoms with Crippen LogP contribution in [-0.4, -0.2) is 24.2 Å². The van der Waals surface area contributed by atoms with Crippen molar-refractivity contribution in [3.8, 4) is 5.75 Å². The van der Waals surface area contributed by atoms with Crippen LogP contribution in [0.1, 0.15) is 44.6 Å². The fraction of sp³-hybridized carbons (Fsp3) is 0.643. The van der Waals surface area contributed by atoms with Crippen LogP contribution in [0.25, 0.3) is 0 Å². The maximum absolute atomic E-state index is 5.50. The van der Waals surface area contributed by atoms with E-state index in [0.717, 1.165) is 12.3 Å². The zero-order chi connectivity index (χ0) is 12.1. The lowest BCUT2D eigenvalue weighted by Crippen LogP contribution is -2.25. The SMILES string of the molecule is CCNC1CCC(c2cncc(OCC)c2)C1. The Kier molecular flexibility index (Phi) is 4.37. The predicted octanol–water partition coefficient (Wildman–Crippen LogP) is 2.73. The van der Waals surface area contributed by atoms with Crippen LogP contribution in [0.4, 0.5) is 0 Å². The summed E-state index contributed by atoms with van der Waals surface area (Å²) < 4.78 is 5.50. The van der Waals surface area contributed by atoms with Crippen molar-refractivity contribution in [2.75, 3.05) is 13.2 Å². The Hall–Kier alpha value is -1.09. The van der Waals surface area contributed by atoms with E-state index in [-0.39, 0.29) is 0 Å². The maximum Gasteiger partial charge on any atom is 0.137 e. The molecule has 1 aromatic rings. The summed E-state index contributed by atoms with van der Waals surface area (Å²) in [6, 6.07) is 2.83. The van der Waals surface area contributed by atoms with Crippen molar-refractivity contribution in [2.45, 2.75) is 45.1 Å². The van der Waals surface area contributed by atoms with Crippen molar-refractivity contribution in [1.82, 2.24) is 10.3 Å². The maximum atomic E-state index is 5.50. The van der Waals surface area contributed by atoms with Gasteiger partial charge in [0.2, 0.25) is 0 Å². The van der Waals surface area contributed by atoms with Crippen LogP contribution >= 0.6 is 0 Å². The molecule has 1 aromatic heterocycles. The Morgan fingerprint density at radius 1 is 1.35 bits per heavy atom. The smallest absolute Gasteiger partial charge is 0.137 e. The second kappa shape index (κ2) is 6.01. The van der Waals surface area contributed by atoms with Gasteiger partial charge in [-0.05, 0) is 50.3 Å². The standard InChI is InChI=1S/C14H22N2O/c1-3-16-13-6-5-11(7-13)12-8-14(17-4-2)10-15-9-12/h8-11,13,16H,3-7H2,1-2H3.